The van der Waals surface area contributed by atoms with Gasteiger partial charge in [-0.15, -0.1) is 0 Å². The Kier molecular flexibility index (Phi) is 2.34. The van der Waals surface area contributed by atoms with Crippen molar-refractivity contribution in [3.63, 3.8) is 0 Å². The van der Waals surface area contributed by atoms with Gasteiger partial charge in [-0.25, -0.2) is 0 Å². The summed E-state index contributed by atoms with van der Waals surface area (Å²) in [5.74, 6) is 0. The van der Waals surface area contributed by atoms with Crippen LogP contribution in [0.4, 0.5) is 0 Å². The van der Waals surface area contributed by atoms with Crippen molar-refractivity contribution in [1.29, 1.82) is 0 Å². The fourth-order valence-electron chi connectivity index (χ4n) is 0.789. The number of aryl methyl sites for hydroxylation is 1. The normalized spacial score (nSPS) is 9.90. The molecule has 0 unspecified atom stereocenters. The lowest BCUT2D eigenvalue weighted by molar-refractivity contribution is 1.38. The molecule has 0 atom stereocenters. The van der Waals surface area contributed by atoms with Crippen LogP contribution < -0.4 is 0 Å². The largest absolute Gasteiger partial charge is 0.0840 e. The Hall–Kier alpha value is -0.490. The number of rotatable bonds is 1. The second kappa shape index (κ2) is 3.07. The van der Waals surface area contributed by atoms with Gasteiger partial charge in [-0.3, -0.25) is 0 Å². The van der Waals surface area contributed by atoms with Gasteiger partial charge in [0.05, 0.1) is 0 Å². The molecule has 0 amide bonds. The molecule has 0 saturated heterocycles. The molecule has 10 heavy (non-hydrogen) atoms. The summed E-state index contributed by atoms with van der Waals surface area (Å²) in [4.78, 5) is 0. The molecule has 0 N–H and O–H groups in total. The summed E-state index contributed by atoms with van der Waals surface area (Å²) < 4.78 is 0. The molecule has 0 heterocycles. The highest BCUT2D eigenvalue weighted by molar-refractivity contribution is 6.31. The van der Waals surface area contributed by atoms with Crippen molar-refractivity contribution >= 4 is 11.6 Å². The van der Waals surface area contributed by atoms with Crippen LogP contribution in [0.15, 0.2) is 18.2 Å². The van der Waals surface area contributed by atoms with Gasteiger partial charge >= 0.3 is 0 Å². The smallest absolute Gasteiger partial charge is 0.0438 e. The molecule has 53 valence electrons. The maximum atomic E-state index is 5.87. The third kappa shape index (κ3) is 1.51. The zero-order valence-electron chi connectivity index (χ0n) is 6.19. The highest BCUT2D eigenvalue weighted by Gasteiger charge is 1.94. The van der Waals surface area contributed by atoms with Crippen LogP contribution in [0.25, 0.3) is 0 Å². The summed E-state index contributed by atoms with van der Waals surface area (Å²) in [6, 6.07) is 6.05. The van der Waals surface area contributed by atoms with Gasteiger partial charge in [-0.2, -0.15) is 0 Å². The average molecular weight is 154 g/mol. The van der Waals surface area contributed by atoms with E-state index < -0.39 is 0 Å². The van der Waals surface area contributed by atoms with E-state index >= 15 is 0 Å². The Morgan fingerprint density at radius 2 is 2.10 bits per heavy atom. The lowest BCUT2D eigenvalue weighted by Crippen LogP contribution is -1.79. The van der Waals surface area contributed by atoms with Crippen molar-refractivity contribution < 1.29 is 0 Å². The van der Waals surface area contributed by atoms with Crippen molar-refractivity contribution in [2.75, 3.05) is 0 Å². The second-order valence-electron chi connectivity index (χ2n) is 2.30. The van der Waals surface area contributed by atoms with Crippen LogP contribution >= 0.6 is 11.6 Å². The van der Waals surface area contributed by atoms with Crippen molar-refractivity contribution in [2.24, 2.45) is 0 Å². The fourth-order valence-corrected chi connectivity index (χ4v) is 0.978. The third-order valence-electron chi connectivity index (χ3n) is 1.53. The summed E-state index contributed by atoms with van der Waals surface area (Å²) in [6.07, 6.45) is 2.03. The van der Waals surface area contributed by atoms with E-state index in [4.69, 9.17) is 11.6 Å². The molecule has 0 bridgehead atoms. The number of halogens is 1. The summed E-state index contributed by atoms with van der Waals surface area (Å²) in [6.45, 7) is 4.00. The van der Waals surface area contributed by atoms with Crippen LogP contribution in [-0.2, 0) is 0 Å². The minimum atomic E-state index is 0.843. The molecular weight excluding hydrogens is 144 g/mol. The summed E-state index contributed by atoms with van der Waals surface area (Å²) in [5, 5.41) is 0.843. The van der Waals surface area contributed by atoms with Crippen molar-refractivity contribution in [1.82, 2.24) is 0 Å². The lowest BCUT2D eigenvalue weighted by Gasteiger charge is -1.99. The molecule has 1 aromatic rings. The molecule has 0 aliphatic rings. The van der Waals surface area contributed by atoms with Gasteiger partial charge < -0.3 is 0 Å². The molecule has 0 aliphatic carbocycles. The van der Waals surface area contributed by atoms with Crippen molar-refractivity contribution in [3.8, 4) is 0 Å². The van der Waals surface area contributed by atoms with E-state index in [0.29, 0.717) is 0 Å². The monoisotopic (exact) mass is 153 g/mol. The maximum absolute atomic E-state index is 5.87. The molecule has 1 rings (SSSR count). The van der Waals surface area contributed by atoms with Crippen LogP contribution in [-0.4, -0.2) is 0 Å². The van der Waals surface area contributed by atoms with Crippen LogP contribution in [0.1, 0.15) is 18.1 Å². The molecule has 0 aromatic heterocycles. The molecule has 0 fully saturated rings. The van der Waals surface area contributed by atoms with E-state index in [0.717, 1.165) is 10.6 Å². The second-order valence-corrected chi connectivity index (χ2v) is 2.70. The first-order chi connectivity index (χ1) is 4.74. The van der Waals surface area contributed by atoms with E-state index in [9.17, 15) is 0 Å². The van der Waals surface area contributed by atoms with Crippen LogP contribution in [0.2, 0.25) is 5.02 Å². The Labute approximate surface area is 66.8 Å². The fraction of sp³-hybridized carbons (Fsp3) is 0.222. The number of hydrogen-bond donors (Lipinski definition) is 0. The third-order valence-corrected chi connectivity index (χ3v) is 1.94. The highest BCUT2D eigenvalue weighted by atomic mass is 35.5. The highest BCUT2D eigenvalue weighted by Crippen LogP contribution is 2.17. The first-order valence-corrected chi connectivity index (χ1v) is 3.67. The van der Waals surface area contributed by atoms with Gasteiger partial charge in [0.1, 0.15) is 0 Å². The maximum Gasteiger partial charge on any atom is 0.0438 e. The van der Waals surface area contributed by atoms with Gasteiger partial charge in [0.2, 0.25) is 0 Å². The molecule has 0 aliphatic heterocycles. The molecule has 0 spiro atoms. The molecule has 0 saturated carbocycles. The van der Waals surface area contributed by atoms with Crippen molar-refractivity contribution in [2.45, 2.75) is 13.8 Å². The number of benzene rings is 1. The summed E-state index contributed by atoms with van der Waals surface area (Å²) in [5.41, 5.74) is 2.31. The standard InChI is InChI=1S/C9H10Cl/c1-3-8-5-4-7(2)9(10)6-8/h3-6H,1-2H3. The quantitative estimate of drug-likeness (QED) is 0.581. The van der Waals surface area contributed by atoms with Crippen LogP contribution in [0.3, 0.4) is 0 Å². The predicted molar refractivity (Wildman–Crippen MR) is 45.3 cm³/mol. The van der Waals surface area contributed by atoms with Crippen LogP contribution in [0, 0.1) is 13.3 Å². The minimum absolute atomic E-state index is 0.843. The summed E-state index contributed by atoms with van der Waals surface area (Å²) in [7, 11) is 0. The summed E-state index contributed by atoms with van der Waals surface area (Å²) >= 11 is 5.87. The van der Waals surface area contributed by atoms with Gasteiger partial charge in [0.15, 0.2) is 0 Å². The van der Waals surface area contributed by atoms with Gasteiger partial charge in [0.25, 0.3) is 0 Å². The first-order valence-electron chi connectivity index (χ1n) is 3.29. The van der Waals surface area contributed by atoms with Gasteiger partial charge in [-0.1, -0.05) is 30.7 Å². The van der Waals surface area contributed by atoms with E-state index in [2.05, 4.69) is 6.07 Å². The van der Waals surface area contributed by atoms with Crippen molar-refractivity contribution in [3.05, 3.63) is 40.8 Å². The number of hydrogen-bond acceptors (Lipinski definition) is 0. The molecule has 1 heteroatoms. The Bertz CT molecular complexity index is 228. The minimum Gasteiger partial charge on any atom is -0.0840 e. The van der Waals surface area contributed by atoms with E-state index in [-0.39, 0.29) is 0 Å². The Morgan fingerprint density at radius 3 is 2.60 bits per heavy atom. The van der Waals surface area contributed by atoms with Crippen LogP contribution in [0.5, 0.6) is 0 Å². The Morgan fingerprint density at radius 1 is 1.40 bits per heavy atom. The zero-order valence-corrected chi connectivity index (χ0v) is 6.94. The van der Waals surface area contributed by atoms with E-state index in [1.807, 2.05) is 32.4 Å². The first kappa shape index (κ1) is 7.62. The molecule has 1 aromatic carbocycles. The molecular formula is C9H10Cl. The Balaban J connectivity index is 3.04. The average Bonchev–Trinajstić information content (AvgIpc) is 1.95. The topological polar surface area (TPSA) is 0 Å². The zero-order chi connectivity index (χ0) is 7.56. The van der Waals surface area contributed by atoms with E-state index in [1.165, 1.54) is 5.56 Å². The van der Waals surface area contributed by atoms with Gasteiger partial charge in [0, 0.05) is 5.02 Å². The van der Waals surface area contributed by atoms with E-state index in [1.54, 1.807) is 0 Å². The molecule has 1 radical (unpaired) electrons. The molecule has 0 nitrogen and oxygen atoms in total. The lowest BCUT2D eigenvalue weighted by atomic mass is 10.1. The predicted octanol–water partition coefficient (Wildman–Crippen LogP) is 3.22. The van der Waals surface area contributed by atoms with Gasteiger partial charge in [-0.05, 0) is 30.5 Å². The SMILES string of the molecule is C[CH]c1ccc(C)c(Cl)c1.